The number of rotatable bonds is 8. The number of nitrogens with zero attached hydrogens (tertiary/aromatic N) is 2. The Morgan fingerprint density at radius 1 is 1.18 bits per heavy atom. The Balaban J connectivity index is 1.82. The van der Waals surface area contributed by atoms with E-state index in [2.05, 4.69) is 29.1 Å². The van der Waals surface area contributed by atoms with E-state index in [9.17, 15) is 0 Å². The van der Waals surface area contributed by atoms with Crippen LogP contribution in [0.2, 0.25) is 0 Å². The predicted octanol–water partition coefficient (Wildman–Crippen LogP) is 2.77. The van der Waals surface area contributed by atoms with Crippen LogP contribution in [0.1, 0.15) is 25.8 Å². The summed E-state index contributed by atoms with van der Waals surface area (Å²) in [7, 11) is 0. The van der Waals surface area contributed by atoms with E-state index in [1.165, 1.54) is 5.56 Å². The van der Waals surface area contributed by atoms with Gasteiger partial charge in [-0.3, -0.25) is 4.98 Å². The molecule has 0 fully saturated rings. The van der Waals surface area contributed by atoms with Crippen molar-refractivity contribution in [1.29, 1.82) is 0 Å². The summed E-state index contributed by atoms with van der Waals surface area (Å²) < 4.78 is 5.60. The molecule has 0 radical (unpaired) electrons. The van der Waals surface area contributed by atoms with Gasteiger partial charge in [0.2, 0.25) is 5.88 Å². The Kier molecular flexibility index (Phi) is 5.86. The number of ether oxygens (including phenoxy) is 1. The zero-order chi connectivity index (χ0) is 15.8. The third-order valence-corrected chi connectivity index (χ3v) is 3.41. The highest BCUT2D eigenvalue weighted by Gasteiger charge is 2.16. The summed E-state index contributed by atoms with van der Waals surface area (Å²) in [5, 5.41) is 12.4. The maximum Gasteiger partial charge on any atom is 0.237 e. The number of aromatic nitrogens is 2. The minimum absolute atomic E-state index is 0.101. The Hall–Kier alpha value is -1.98. The molecule has 2 N–H and O–H groups in total. The van der Waals surface area contributed by atoms with Crippen LogP contribution >= 0.6 is 0 Å². The first-order valence-corrected chi connectivity index (χ1v) is 7.43. The van der Waals surface area contributed by atoms with E-state index in [1.54, 1.807) is 18.6 Å². The molecule has 0 saturated carbocycles. The van der Waals surface area contributed by atoms with E-state index in [0.29, 0.717) is 5.88 Å². The average Bonchev–Trinajstić information content (AvgIpc) is 2.50. The molecular weight excluding hydrogens is 278 g/mol. The number of aliphatic hydroxyl groups excluding tert-OH is 1. The minimum Gasteiger partial charge on any atom is -0.438 e. The molecule has 1 aromatic heterocycles. The van der Waals surface area contributed by atoms with Gasteiger partial charge in [-0.2, -0.15) is 0 Å². The lowest BCUT2D eigenvalue weighted by molar-refractivity contribution is 0.207. The van der Waals surface area contributed by atoms with Crippen LogP contribution in [0.3, 0.4) is 0 Å². The fraction of sp³-hybridized carbons (Fsp3) is 0.412. The standard InChI is InChI=1S/C17H23N3O2/c1-17(2,7-10-21)13-19-11-14-3-5-15(6-4-14)22-16-12-18-8-9-20-16/h3-6,8-9,12,19,21H,7,10-11,13H2,1-2H3. The fourth-order valence-corrected chi connectivity index (χ4v) is 2.07. The Bertz CT molecular complexity index is 556. The molecule has 0 aliphatic carbocycles. The highest BCUT2D eigenvalue weighted by atomic mass is 16.5. The molecule has 22 heavy (non-hydrogen) atoms. The average molecular weight is 301 g/mol. The third-order valence-electron chi connectivity index (χ3n) is 3.41. The molecule has 0 spiro atoms. The first-order chi connectivity index (χ1) is 10.6. The van der Waals surface area contributed by atoms with E-state index in [1.807, 2.05) is 24.3 Å². The summed E-state index contributed by atoms with van der Waals surface area (Å²) in [4.78, 5) is 8.03. The summed E-state index contributed by atoms with van der Waals surface area (Å²) in [5.74, 6) is 1.23. The Morgan fingerprint density at radius 2 is 1.95 bits per heavy atom. The second-order valence-electron chi connectivity index (χ2n) is 6.03. The van der Waals surface area contributed by atoms with Gasteiger partial charge < -0.3 is 15.2 Å². The molecule has 2 aromatic rings. The van der Waals surface area contributed by atoms with E-state index in [0.717, 1.165) is 25.3 Å². The smallest absolute Gasteiger partial charge is 0.237 e. The van der Waals surface area contributed by atoms with Crippen LogP contribution < -0.4 is 10.1 Å². The lowest BCUT2D eigenvalue weighted by Crippen LogP contribution is -2.29. The summed E-state index contributed by atoms with van der Waals surface area (Å²) in [6, 6.07) is 7.89. The zero-order valence-electron chi connectivity index (χ0n) is 13.1. The molecule has 0 aliphatic heterocycles. The highest BCUT2D eigenvalue weighted by Crippen LogP contribution is 2.20. The van der Waals surface area contributed by atoms with E-state index < -0.39 is 0 Å². The van der Waals surface area contributed by atoms with Gasteiger partial charge in [-0.05, 0) is 29.5 Å². The van der Waals surface area contributed by atoms with Crippen molar-refractivity contribution in [1.82, 2.24) is 15.3 Å². The SMILES string of the molecule is CC(C)(CCO)CNCc1ccc(Oc2cnccn2)cc1. The van der Waals surface area contributed by atoms with E-state index in [4.69, 9.17) is 9.84 Å². The lowest BCUT2D eigenvalue weighted by Gasteiger charge is -2.24. The molecule has 0 atom stereocenters. The van der Waals surface area contributed by atoms with Gasteiger partial charge in [-0.15, -0.1) is 0 Å². The molecule has 0 unspecified atom stereocenters. The monoisotopic (exact) mass is 301 g/mol. The molecule has 118 valence electrons. The molecule has 0 bridgehead atoms. The number of hydrogen-bond acceptors (Lipinski definition) is 5. The number of aliphatic hydroxyl groups is 1. The van der Waals surface area contributed by atoms with E-state index >= 15 is 0 Å². The van der Waals surface area contributed by atoms with Crippen LogP contribution in [-0.4, -0.2) is 28.2 Å². The first-order valence-electron chi connectivity index (χ1n) is 7.43. The predicted molar refractivity (Wildman–Crippen MR) is 85.7 cm³/mol. The largest absolute Gasteiger partial charge is 0.438 e. The topological polar surface area (TPSA) is 67.3 Å². The van der Waals surface area contributed by atoms with Crippen molar-refractivity contribution in [2.75, 3.05) is 13.2 Å². The van der Waals surface area contributed by atoms with Crippen molar-refractivity contribution in [3.63, 3.8) is 0 Å². The molecule has 0 aliphatic rings. The maximum absolute atomic E-state index is 9.02. The van der Waals surface area contributed by atoms with Crippen molar-refractivity contribution < 1.29 is 9.84 Å². The summed E-state index contributed by atoms with van der Waals surface area (Å²) in [5.41, 5.74) is 1.29. The van der Waals surface area contributed by atoms with Gasteiger partial charge >= 0.3 is 0 Å². The van der Waals surface area contributed by atoms with Gasteiger partial charge in [0, 0.05) is 32.1 Å². The molecule has 2 rings (SSSR count). The number of benzene rings is 1. The molecule has 1 aromatic carbocycles. The Morgan fingerprint density at radius 3 is 2.59 bits per heavy atom. The van der Waals surface area contributed by atoms with Crippen LogP contribution in [-0.2, 0) is 6.54 Å². The van der Waals surface area contributed by atoms with Crippen molar-refractivity contribution in [2.24, 2.45) is 5.41 Å². The van der Waals surface area contributed by atoms with Crippen LogP contribution in [0, 0.1) is 5.41 Å². The van der Waals surface area contributed by atoms with Gasteiger partial charge in [-0.1, -0.05) is 26.0 Å². The van der Waals surface area contributed by atoms with Crippen molar-refractivity contribution in [2.45, 2.75) is 26.8 Å². The summed E-state index contributed by atoms with van der Waals surface area (Å²) in [6.07, 6.45) is 5.59. The molecule has 1 heterocycles. The zero-order valence-corrected chi connectivity index (χ0v) is 13.1. The fourth-order valence-electron chi connectivity index (χ4n) is 2.07. The second-order valence-corrected chi connectivity index (χ2v) is 6.03. The van der Waals surface area contributed by atoms with Gasteiger partial charge in [0.05, 0.1) is 6.20 Å². The van der Waals surface area contributed by atoms with Crippen molar-refractivity contribution >= 4 is 0 Å². The van der Waals surface area contributed by atoms with Crippen LogP contribution in [0.15, 0.2) is 42.9 Å². The van der Waals surface area contributed by atoms with Gasteiger partial charge in [0.15, 0.2) is 0 Å². The number of hydrogen-bond donors (Lipinski definition) is 2. The third kappa shape index (κ3) is 5.42. The van der Waals surface area contributed by atoms with E-state index in [-0.39, 0.29) is 12.0 Å². The molecular formula is C17H23N3O2. The van der Waals surface area contributed by atoms with Crippen molar-refractivity contribution in [3.8, 4) is 11.6 Å². The van der Waals surface area contributed by atoms with Crippen LogP contribution in [0.5, 0.6) is 11.6 Å². The number of nitrogens with one attached hydrogen (secondary N) is 1. The normalized spacial score (nSPS) is 11.4. The first kappa shape index (κ1) is 16.4. The molecule has 5 nitrogen and oxygen atoms in total. The summed E-state index contributed by atoms with van der Waals surface area (Å²) in [6.45, 7) is 6.18. The van der Waals surface area contributed by atoms with Crippen molar-refractivity contribution in [3.05, 3.63) is 48.4 Å². The molecule has 0 saturated heterocycles. The molecule has 5 heteroatoms. The second kappa shape index (κ2) is 7.87. The highest BCUT2D eigenvalue weighted by molar-refractivity contribution is 5.29. The van der Waals surface area contributed by atoms with Gasteiger partial charge in [0.25, 0.3) is 0 Å². The quantitative estimate of drug-likeness (QED) is 0.785. The van der Waals surface area contributed by atoms with Crippen LogP contribution in [0.4, 0.5) is 0 Å². The summed E-state index contributed by atoms with van der Waals surface area (Å²) >= 11 is 0. The maximum atomic E-state index is 9.02. The molecule has 0 amide bonds. The van der Waals surface area contributed by atoms with Gasteiger partial charge in [-0.25, -0.2) is 4.98 Å². The van der Waals surface area contributed by atoms with Crippen LogP contribution in [0.25, 0.3) is 0 Å². The minimum atomic E-state index is 0.101. The lowest BCUT2D eigenvalue weighted by atomic mass is 9.90. The van der Waals surface area contributed by atoms with Gasteiger partial charge in [0.1, 0.15) is 5.75 Å². The Labute approximate surface area is 131 Å².